The molecular weight excluding hydrogens is 444 g/mol. The number of ether oxygens (including phenoxy) is 1. The van der Waals surface area contributed by atoms with E-state index >= 15 is 0 Å². The molecule has 0 atom stereocenters. The number of ketones is 1. The van der Waals surface area contributed by atoms with E-state index in [9.17, 15) is 9.59 Å². The van der Waals surface area contributed by atoms with Crippen molar-refractivity contribution in [1.82, 2.24) is 10.1 Å². The molecule has 2 aliphatic rings. The van der Waals surface area contributed by atoms with E-state index in [1.54, 1.807) is 0 Å². The fraction of sp³-hybridized carbons (Fsp3) is 0.444. The summed E-state index contributed by atoms with van der Waals surface area (Å²) in [5.41, 5.74) is 4.49. The molecule has 0 saturated carbocycles. The van der Waals surface area contributed by atoms with Crippen LogP contribution in [0.1, 0.15) is 42.1 Å². The molecule has 1 aromatic heterocycles. The summed E-state index contributed by atoms with van der Waals surface area (Å²) in [6, 6.07) is 9.59. The Bertz CT molecular complexity index is 1260. The largest absolute Gasteiger partial charge is 0.466 e. The zero-order chi connectivity index (χ0) is 24.5. The number of carbonyl (C=O) groups excluding carboxylic acids is 2. The zero-order valence-electron chi connectivity index (χ0n) is 20.6. The molecule has 8 heteroatoms. The summed E-state index contributed by atoms with van der Waals surface area (Å²) < 4.78 is 11.1. The van der Waals surface area contributed by atoms with Crippen LogP contribution in [0.4, 0.5) is 11.4 Å². The molecular formula is C27H32N4O4. The second kappa shape index (κ2) is 9.70. The van der Waals surface area contributed by atoms with Gasteiger partial charge in [0.2, 0.25) is 0 Å². The Labute approximate surface area is 205 Å². The smallest absolute Gasteiger partial charge is 0.309 e. The van der Waals surface area contributed by atoms with E-state index in [0.717, 1.165) is 54.7 Å². The van der Waals surface area contributed by atoms with Crippen LogP contribution >= 0.6 is 0 Å². The van der Waals surface area contributed by atoms with Gasteiger partial charge in [-0.3, -0.25) is 9.59 Å². The highest BCUT2D eigenvalue weighted by Crippen LogP contribution is 2.46. The summed E-state index contributed by atoms with van der Waals surface area (Å²) in [5, 5.41) is 8.75. The number of esters is 1. The number of aromatic nitrogens is 1. The summed E-state index contributed by atoms with van der Waals surface area (Å²) in [6.45, 7) is 5.37. The van der Waals surface area contributed by atoms with Gasteiger partial charge < -0.3 is 24.4 Å². The number of piperidine rings is 1. The molecule has 0 amide bonds. The van der Waals surface area contributed by atoms with Gasteiger partial charge in [-0.15, -0.1) is 0 Å². The topological polar surface area (TPSA) is 87.9 Å². The van der Waals surface area contributed by atoms with Gasteiger partial charge in [0.05, 0.1) is 29.2 Å². The van der Waals surface area contributed by atoms with Crippen LogP contribution in [0.25, 0.3) is 22.2 Å². The van der Waals surface area contributed by atoms with Crippen molar-refractivity contribution in [1.29, 1.82) is 0 Å². The van der Waals surface area contributed by atoms with Gasteiger partial charge in [-0.1, -0.05) is 29.4 Å². The number of hydrogen-bond donors (Lipinski definition) is 1. The predicted octanol–water partition coefficient (Wildman–Crippen LogP) is 4.18. The molecule has 8 nitrogen and oxygen atoms in total. The maximum Gasteiger partial charge on any atom is 0.309 e. The molecule has 1 N–H and O–H groups in total. The zero-order valence-corrected chi connectivity index (χ0v) is 20.6. The van der Waals surface area contributed by atoms with Crippen LogP contribution in [0.5, 0.6) is 0 Å². The van der Waals surface area contributed by atoms with Crippen LogP contribution in [0.3, 0.4) is 0 Å². The Morgan fingerprint density at radius 1 is 1.23 bits per heavy atom. The average molecular weight is 477 g/mol. The Hall–Kier alpha value is -3.39. The van der Waals surface area contributed by atoms with Gasteiger partial charge in [-0.25, -0.2) is 0 Å². The van der Waals surface area contributed by atoms with Gasteiger partial charge in [-0.2, -0.15) is 0 Å². The van der Waals surface area contributed by atoms with Crippen LogP contribution in [-0.2, 0) is 9.53 Å². The first kappa shape index (κ1) is 23.4. The Balaban J connectivity index is 1.53. The second-order valence-electron chi connectivity index (χ2n) is 9.53. The number of nitrogens with one attached hydrogen (secondary N) is 1. The third kappa shape index (κ3) is 4.27. The van der Waals surface area contributed by atoms with Crippen LogP contribution < -0.4 is 10.2 Å². The van der Waals surface area contributed by atoms with Crippen molar-refractivity contribution in [2.45, 2.75) is 26.2 Å². The van der Waals surface area contributed by atoms with Gasteiger partial charge in [0.15, 0.2) is 11.5 Å². The third-order valence-corrected chi connectivity index (χ3v) is 6.93. The highest BCUT2D eigenvalue weighted by atomic mass is 16.5. The van der Waals surface area contributed by atoms with Crippen LogP contribution in [-0.4, -0.2) is 68.7 Å². The van der Waals surface area contributed by atoms with Crippen molar-refractivity contribution >= 4 is 34.0 Å². The standard InChI is InChI=1S/C27H32N4O4/c1-4-34-27(33)17-10-14-31(15-11-17)21-16-20(28-12-7-13-30(2)3)22-23-24(21)29-35-26(23)19-9-6-5-8-18(19)25(22)32/h5-6,8-9,16-17,28H,4,7,10-15H2,1-3H3. The van der Waals surface area contributed by atoms with Crippen LogP contribution in [0, 0.1) is 5.92 Å². The van der Waals surface area contributed by atoms with E-state index in [1.165, 1.54) is 0 Å². The van der Waals surface area contributed by atoms with Crippen molar-refractivity contribution in [3.8, 4) is 11.3 Å². The molecule has 0 spiro atoms. The molecule has 0 bridgehead atoms. The quantitative estimate of drug-likeness (QED) is 0.299. The SMILES string of the molecule is CCOC(=O)C1CCN(c2cc(NCCCN(C)C)c3c4c(onc24)-c2ccccc2C3=O)CC1. The molecule has 1 saturated heterocycles. The Kier molecular flexibility index (Phi) is 6.47. The summed E-state index contributed by atoms with van der Waals surface area (Å²) >= 11 is 0. The van der Waals surface area contributed by atoms with E-state index in [4.69, 9.17) is 9.26 Å². The van der Waals surface area contributed by atoms with E-state index < -0.39 is 0 Å². The van der Waals surface area contributed by atoms with Crippen molar-refractivity contribution in [2.24, 2.45) is 5.92 Å². The molecule has 0 radical (unpaired) electrons. The molecule has 35 heavy (non-hydrogen) atoms. The molecule has 5 rings (SSSR count). The molecule has 1 aliphatic carbocycles. The lowest BCUT2D eigenvalue weighted by atomic mass is 9.86. The number of fused-ring (bicyclic) bond motifs is 2. The lowest BCUT2D eigenvalue weighted by Gasteiger charge is -2.33. The summed E-state index contributed by atoms with van der Waals surface area (Å²) in [7, 11) is 4.11. The summed E-state index contributed by atoms with van der Waals surface area (Å²) in [6.07, 6.45) is 2.40. The van der Waals surface area contributed by atoms with Gasteiger partial charge >= 0.3 is 5.97 Å². The number of rotatable bonds is 8. The summed E-state index contributed by atoms with van der Waals surface area (Å²) in [5.74, 6) is 0.440. The molecule has 1 fully saturated rings. The first-order chi connectivity index (χ1) is 17.0. The monoisotopic (exact) mass is 476 g/mol. The van der Waals surface area contributed by atoms with Gasteiger partial charge in [0.1, 0.15) is 5.52 Å². The van der Waals surface area contributed by atoms with E-state index in [1.807, 2.05) is 37.3 Å². The highest BCUT2D eigenvalue weighted by molar-refractivity contribution is 6.28. The minimum absolute atomic E-state index is 0.0102. The fourth-order valence-corrected chi connectivity index (χ4v) is 5.16. The van der Waals surface area contributed by atoms with E-state index in [-0.39, 0.29) is 17.7 Å². The van der Waals surface area contributed by atoms with Gasteiger partial charge in [0, 0.05) is 36.4 Å². The summed E-state index contributed by atoms with van der Waals surface area (Å²) in [4.78, 5) is 30.3. The second-order valence-corrected chi connectivity index (χ2v) is 9.53. The molecule has 2 aromatic carbocycles. The maximum absolute atomic E-state index is 13.6. The maximum atomic E-state index is 13.6. The predicted molar refractivity (Wildman–Crippen MR) is 136 cm³/mol. The van der Waals surface area contributed by atoms with Gasteiger partial charge in [0.25, 0.3) is 0 Å². The molecule has 2 heterocycles. The fourth-order valence-electron chi connectivity index (χ4n) is 5.16. The molecule has 3 aromatic rings. The number of hydrogen-bond acceptors (Lipinski definition) is 8. The van der Waals surface area contributed by atoms with E-state index in [2.05, 4.69) is 34.4 Å². The Morgan fingerprint density at radius 2 is 1.97 bits per heavy atom. The number of carbonyl (C=O) groups is 2. The lowest BCUT2D eigenvalue weighted by molar-refractivity contribution is -0.148. The number of anilines is 2. The number of benzene rings is 2. The Morgan fingerprint density at radius 3 is 2.69 bits per heavy atom. The third-order valence-electron chi connectivity index (χ3n) is 6.93. The molecule has 184 valence electrons. The number of nitrogens with zero attached hydrogens (tertiary/aromatic N) is 3. The normalized spacial score (nSPS) is 15.5. The highest BCUT2D eigenvalue weighted by Gasteiger charge is 2.34. The van der Waals surface area contributed by atoms with E-state index in [0.29, 0.717) is 42.1 Å². The average Bonchev–Trinajstić information content (AvgIpc) is 3.31. The van der Waals surface area contributed by atoms with Gasteiger partial charge in [-0.05, 0) is 52.9 Å². The van der Waals surface area contributed by atoms with Crippen molar-refractivity contribution < 1.29 is 18.8 Å². The molecule has 0 unspecified atom stereocenters. The van der Waals surface area contributed by atoms with Crippen LogP contribution in [0.2, 0.25) is 0 Å². The van der Waals surface area contributed by atoms with Crippen molar-refractivity contribution in [3.05, 3.63) is 41.5 Å². The molecule has 1 aliphatic heterocycles. The minimum atomic E-state index is -0.115. The minimum Gasteiger partial charge on any atom is -0.466 e. The first-order valence-corrected chi connectivity index (χ1v) is 12.4. The lowest BCUT2D eigenvalue weighted by Crippen LogP contribution is -2.37. The first-order valence-electron chi connectivity index (χ1n) is 12.4. The van der Waals surface area contributed by atoms with Crippen molar-refractivity contribution in [3.63, 3.8) is 0 Å². The van der Waals surface area contributed by atoms with Crippen LogP contribution in [0.15, 0.2) is 34.9 Å². The van der Waals surface area contributed by atoms with Crippen molar-refractivity contribution in [2.75, 3.05) is 57.1 Å².